The predicted octanol–water partition coefficient (Wildman–Crippen LogP) is 4.76. The minimum Gasteiger partial charge on any atom is -0.387 e. The summed E-state index contributed by atoms with van der Waals surface area (Å²) in [4.78, 5) is 5.78. The molecule has 11 heteroatoms. The molecule has 0 aliphatic rings. The molecule has 10 nitrogen and oxygen atoms in total. The molecule has 0 fully saturated rings. The molecule has 2 aromatic carbocycles. The zero-order valence-corrected chi connectivity index (χ0v) is 24.3. The lowest BCUT2D eigenvalue weighted by Gasteiger charge is -2.12. The molecule has 0 amide bonds. The summed E-state index contributed by atoms with van der Waals surface area (Å²) in [5, 5.41) is 26.1. The third-order valence-electron chi connectivity index (χ3n) is 6.79. The van der Waals surface area contributed by atoms with Crippen molar-refractivity contribution in [2.24, 2.45) is 0 Å². The smallest absolute Gasteiger partial charge is 0.261 e. The third-order valence-corrected chi connectivity index (χ3v) is 8.19. The highest BCUT2D eigenvalue weighted by atomic mass is 32.2. The average molecular weight is 578 g/mol. The van der Waals surface area contributed by atoms with Gasteiger partial charge in [0.2, 0.25) is 5.82 Å². The van der Waals surface area contributed by atoms with E-state index in [1.54, 1.807) is 59.7 Å². The molecule has 4 rings (SSSR count). The van der Waals surface area contributed by atoms with Crippen molar-refractivity contribution in [3.63, 3.8) is 0 Å². The number of aliphatic hydroxyl groups is 1. The number of hydrogen-bond acceptors (Lipinski definition) is 8. The number of benzene rings is 2. The number of nitrogens with zero attached hydrogens (tertiary/aromatic N) is 5. The van der Waals surface area contributed by atoms with Crippen LogP contribution in [0.25, 0.3) is 11.4 Å². The van der Waals surface area contributed by atoms with Gasteiger partial charge in [0, 0.05) is 35.8 Å². The highest BCUT2D eigenvalue weighted by Crippen LogP contribution is 2.21. The van der Waals surface area contributed by atoms with E-state index in [0.29, 0.717) is 30.2 Å². The van der Waals surface area contributed by atoms with E-state index in [4.69, 9.17) is 0 Å². The van der Waals surface area contributed by atoms with Crippen molar-refractivity contribution in [1.82, 2.24) is 30.5 Å². The van der Waals surface area contributed by atoms with Crippen LogP contribution in [0.5, 0.6) is 0 Å². The summed E-state index contributed by atoms with van der Waals surface area (Å²) < 4.78 is 28.5. The summed E-state index contributed by atoms with van der Waals surface area (Å²) in [6.45, 7) is 4.03. The lowest BCUT2D eigenvalue weighted by Crippen LogP contribution is -2.23. The number of hydrogen-bond donors (Lipinski definition) is 3. The summed E-state index contributed by atoms with van der Waals surface area (Å²) in [5.74, 6) is 0.476. The number of aromatic nitrogens is 5. The number of anilines is 1. The van der Waals surface area contributed by atoms with Crippen molar-refractivity contribution in [2.45, 2.75) is 69.4 Å². The zero-order valence-electron chi connectivity index (χ0n) is 23.5. The van der Waals surface area contributed by atoms with Crippen molar-refractivity contribution in [1.29, 1.82) is 0 Å². The van der Waals surface area contributed by atoms with Gasteiger partial charge in [-0.15, -0.1) is 10.2 Å². The Morgan fingerprint density at radius 3 is 2.44 bits per heavy atom. The molecule has 0 radical (unpaired) electrons. The second-order valence-corrected chi connectivity index (χ2v) is 11.7. The van der Waals surface area contributed by atoms with Gasteiger partial charge < -0.3 is 10.4 Å². The fraction of sp³-hybridized carbons (Fsp3) is 0.400. The Morgan fingerprint density at radius 1 is 0.951 bits per heavy atom. The Labute approximate surface area is 242 Å². The minimum atomic E-state index is -3.76. The van der Waals surface area contributed by atoms with E-state index in [0.717, 1.165) is 36.9 Å². The summed E-state index contributed by atoms with van der Waals surface area (Å²) in [6.07, 6.45) is 10.6. The van der Waals surface area contributed by atoms with Gasteiger partial charge in [0.25, 0.3) is 10.0 Å². The Morgan fingerprint density at radius 2 is 1.71 bits per heavy atom. The molecule has 3 N–H and O–H groups in total. The number of rotatable bonds is 17. The normalized spacial score (nSPS) is 12.3. The Hall–Kier alpha value is -3.67. The molecule has 1 atom stereocenters. The maximum atomic E-state index is 12.9. The lowest BCUT2D eigenvalue weighted by atomic mass is 10.1. The molecule has 0 aliphatic heterocycles. The van der Waals surface area contributed by atoms with Gasteiger partial charge in [0.1, 0.15) is 0 Å². The number of aryl methyl sites for hydroxylation is 1. The number of unbranched alkanes of at least 4 members (excludes halogenated alkanes) is 5. The van der Waals surface area contributed by atoms with Crippen molar-refractivity contribution >= 4 is 15.7 Å². The van der Waals surface area contributed by atoms with Crippen LogP contribution in [0.1, 0.15) is 62.7 Å². The van der Waals surface area contributed by atoms with Crippen molar-refractivity contribution < 1.29 is 13.5 Å². The monoisotopic (exact) mass is 577 g/mol. The van der Waals surface area contributed by atoms with E-state index in [1.165, 1.54) is 25.7 Å². The predicted molar refractivity (Wildman–Crippen MR) is 160 cm³/mol. The van der Waals surface area contributed by atoms with E-state index in [-0.39, 0.29) is 4.90 Å². The van der Waals surface area contributed by atoms with Crippen LogP contribution >= 0.6 is 0 Å². The number of nitrogens with one attached hydrogen (secondary N) is 2. The zero-order chi connectivity index (χ0) is 28.9. The first-order valence-corrected chi connectivity index (χ1v) is 15.7. The molecule has 41 heavy (non-hydrogen) atoms. The van der Waals surface area contributed by atoms with Crippen LogP contribution in [-0.4, -0.2) is 51.8 Å². The number of pyridine rings is 1. The number of aliphatic hydroxyl groups excluding tert-OH is 1. The van der Waals surface area contributed by atoms with E-state index in [9.17, 15) is 13.5 Å². The first-order valence-electron chi connectivity index (χ1n) is 14.2. The molecule has 0 bridgehead atoms. The van der Waals surface area contributed by atoms with Gasteiger partial charge in [-0.3, -0.25) is 9.71 Å². The van der Waals surface area contributed by atoms with Gasteiger partial charge in [0.05, 0.1) is 17.5 Å². The quantitative estimate of drug-likeness (QED) is 0.153. The van der Waals surface area contributed by atoms with Crippen LogP contribution in [0, 0.1) is 0 Å². The van der Waals surface area contributed by atoms with Crippen LogP contribution in [0.2, 0.25) is 0 Å². The Kier molecular flexibility index (Phi) is 11.4. The molecule has 2 heterocycles. The summed E-state index contributed by atoms with van der Waals surface area (Å²) in [7, 11) is -3.76. The van der Waals surface area contributed by atoms with Crippen LogP contribution in [0.4, 0.5) is 5.69 Å². The lowest BCUT2D eigenvalue weighted by molar-refractivity contribution is 0.174. The Balaban J connectivity index is 1.23. The number of tetrazole rings is 1. The first kappa shape index (κ1) is 30.3. The largest absolute Gasteiger partial charge is 0.387 e. The van der Waals surface area contributed by atoms with E-state index in [2.05, 4.69) is 37.4 Å². The molecule has 0 saturated carbocycles. The fourth-order valence-electron chi connectivity index (χ4n) is 4.39. The van der Waals surface area contributed by atoms with E-state index in [1.807, 2.05) is 18.2 Å². The van der Waals surface area contributed by atoms with Crippen molar-refractivity contribution in [2.75, 3.05) is 17.8 Å². The van der Waals surface area contributed by atoms with Crippen molar-refractivity contribution in [3.8, 4) is 11.4 Å². The number of sulfonamides is 1. The standard InChI is InChI=1S/C30H39N7O3S/c1-2-3-4-5-6-7-21-37-34-30(33-36-37)25-12-16-28(17-13-25)41(39,40)35-27-14-10-24(11-15-27)18-20-32-23-29(38)26-9-8-19-31-22-26/h8-17,19,22,29,32,35,38H,2-7,18,20-21,23H2,1H3. The molecular formula is C30H39N7O3S. The molecule has 2 aromatic heterocycles. The molecule has 218 valence electrons. The van der Waals surface area contributed by atoms with Crippen molar-refractivity contribution in [3.05, 3.63) is 84.2 Å². The molecular weight excluding hydrogens is 538 g/mol. The molecule has 0 aliphatic carbocycles. The van der Waals surface area contributed by atoms with Gasteiger partial charge >= 0.3 is 0 Å². The first-order chi connectivity index (χ1) is 19.9. The van der Waals surface area contributed by atoms with E-state index < -0.39 is 16.1 Å². The highest BCUT2D eigenvalue weighted by Gasteiger charge is 2.15. The molecule has 1 unspecified atom stereocenters. The molecule has 0 spiro atoms. The highest BCUT2D eigenvalue weighted by molar-refractivity contribution is 7.92. The second-order valence-electron chi connectivity index (χ2n) is 10.1. The van der Waals surface area contributed by atoms with Crippen LogP contribution in [0.3, 0.4) is 0 Å². The minimum absolute atomic E-state index is 0.154. The fourth-order valence-corrected chi connectivity index (χ4v) is 5.44. The molecule has 0 saturated heterocycles. The van der Waals surface area contributed by atoms with Crippen LogP contribution < -0.4 is 10.0 Å². The van der Waals surface area contributed by atoms with Crippen LogP contribution in [-0.2, 0) is 23.0 Å². The van der Waals surface area contributed by atoms with E-state index >= 15 is 0 Å². The molecule has 4 aromatic rings. The third kappa shape index (κ3) is 9.44. The summed E-state index contributed by atoms with van der Waals surface area (Å²) in [6, 6.07) is 17.4. The van der Waals surface area contributed by atoms with Gasteiger partial charge in [-0.05, 0) is 72.6 Å². The van der Waals surface area contributed by atoms with Gasteiger partial charge in [-0.25, -0.2) is 8.42 Å². The summed E-state index contributed by atoms with van der Waals surface area (Å²) in [5.41, 5.74) is 3.02. The Bertz CT molecular complexity index is 1430. The second kappa shape index (κ2) is 15.4. The SMILES string of the molecule is CCCCCCCCn1nnc(-c2ccc(S(=O)(=O)Nc3ccc(CCNCC(O)c4cccnc4)cc3)cc2)n1. The van der Waals surface area contributed by atoms with Gasteiger partial charge in [-0.2, -0.15) is 4.80 Å². The summed E-state index contributed by atoms with van der Waals surface area (Å²) >= 11 is 0. The maximum absolute atomic E-state index is 12.9. The van der Waals surface area contributed by atoms with Gasteiger partial charge in [-0.1, -0.05) is 57.2 Å². The topological polar surface area (TPSA) is 135 Å². The average Bonchev–Trinajstić information content (AvgIpc) is 3.47. The maximum Gasteiger partial charge on any atom is 0.261 e. The van der Waals surface area contributed by atoms with Gasteiger partial charge in [0.15, 0.2) is 0 Å². The van der Waals surface area contributed by atoms with Crippen LogP contribution in [0.15, 0.2) is 78.0 Å².